The van der Waals surface area contributed by atoms with Crippen molar-refractivity contribution in [3.05, 3.63) is 23.8 Å². The molecule has 1 heterocycles. The van der Waals surface area contributed by atoms with Gasteiger partial charge in [-0.25, -0.2) is 4.79 Å². The van der Waals surface area contributed by atoms with Gasteiger partial charge in [0.05, 0.1) is 0 Å². The Balaban J connectivity index is 2.18. The second kappa shape index (κ2) is 4.42. The lowest BCUT2D eigenvalue weighted by atomic mass is 10.1. The van der Waals surface area contributed by atoms with Crippen LogP contribution in [0.15, 0.2) is 18.2 Å². The SMILES string of the molecule is NC(Cc1ccc2c(c1)OC(=O)CO2)C(=O)O. The summed E-state index contributed by atoms with van der Waals surface area (Å²) >= 11 is 0. The molecule has 0 bridgehead atoms. The van der Waals surface area contributed by atoms with Gasteiger partial charge in [0, 0.05) is 0 Å². The highest BCUT2D eigenvalue weighted by Crippen LogP contribution is 2.31. The van der Waals surface area contributed by atoms with Crippen molar-refractivity contribution in [1.29, 1.82) is 0 Å². The summed E-state index contributed by atoms with van der Waals surface area (Å²) in [5.41, 5.74) is 6.09. The Morgan fingerprint density at radius 3 is 2.94 bits per heavy atom. The third-order valence-electron chi connectivity index (χ3n) is 2.35. The van der Waals surface area contributed by atoms with Crippen LogP contribution in [0.4, 0.5) is 0 Å². The predicted octanol–water partition coefficient (Wildman–Crippen LogP) is -0.0612. The lowest BCUT2D eigenvalue weighted by Crippen LogP contribution is -2.32. The number of aliphatic carboxylic acids is 1. The average Bonchev–Trinajstić information content (AvgIpc) is 2.28. The van der Waals surface area contributed by atoms with Crippen LogP contribution in [-0.2, 0) is 16.0 Å². The topological polar surface area (TPSA) is 98.9 Å². The molecule has 0 aliphatic carbocycles. The van der Waals surface area contributed by atoms with E-state index in [1.165, 1.54) is 0 Å². The van der Waals surface area contributed by atoms with Crippen LogP contribution < -0.4 is 15.2 Å². The molecule has 0 saturated carbocycles. The number of fused-ring (bicyclic) bond motifs is 1. The smallest absolute Gasteiger partial charge is 0.349 e. The predicted molar refractivity (Wildman–Crippen MR) is 56.9 cm³/mol. The summed E-state index contributed by atoms with van der Waals surface area (Å²) in [5, 5.41) is 8.69. The molecule has 0 spiro atoms. The summed E-state index contributed by atoms with van der Waals surface area (Å²) in [6.07, 6.45) is 0.167. The van der Waals surface area contributed by atoms with Gasteiger partial charge in [0.15, 0.2) is 18.1 Å². The van der Waals surface area contributed by atoms with Gasteiger partial charge in [-0.05, 0) is 24.1 Å². The quantitative estimate of drug-likeness (QED) is 0.564. The number of nitrogens with two attached hydrogens (primary N) is 1. The van der Waals surface area contributed by atoms with Crippen molar-refractivity contribution in [1.82, 2.24) is 0 Å². The van der Waals surface area contributed by atoms with E-state index >= 15 is 0 Å². The standard InChI is InChI=1S/C11H11NO5/c12-7(11(14)15)3-6-1-2-8-9(4-6)17-10(13)5-16-8/h1-2,4,7H,3,5,12H2,(H,14,15). The number of carboxylic acid groups (broad SMARTS) is 1. The molecule has 6 nitrogen and oxygen atoms in total. The molecule has 1 unspecified atom stereocenters. The molecule has 1 aliphatic heterocycles. The molecule has 0 saturated heterocycles. The van der Waals surface area contributed by atoms with Gasteiger partial charge in [0.25, 0.3) is 0 Å². The zero-order valence-electron chi connectivity index (χ0n) is 8.88. The van der Waals surface area contributed by atoms with Crippen LogP contribution in [0, 0.1) is 0 Å². The first-order chi connectivity index (χ1) is 8.06. The van der Waals surface area contributed by atoms with Crippen molar-refractivity contribution in [2.75, 3.05) is 6.61 Å². The third-order valence-corrected chi connectivity index (χ3v) is 2.35. The normalized spacial score (nSPS) is 15.5. The zero-order chi connectivity index (χ0) is 12.4. The summed E-state index contributed by atoms with van der Waals surface area (Å²) in [6.45, 7) is -0.110. The molecule has 1 aromatic carbocycles. The molecule has 1 aliphatic rings. The van der Waals surface area contributed by atoms with E-state index in [0.29, 0.717) is 17.1 Å². The highest BCUT2D eigenvalue weighted by atomic mass is 16.6. The van der Waals surface area contributed by atoms with Gasteiger partial charge in [-0.1, -0.05) is 6.07 Å². The monoisotopic (exact) mass is 237 g/mol. The van der Waals surface area contributed by atoms with E-state index in [4.69, 9.17) is 20.3 Å². The van der Waals surface area contributed by atoms with E-state index < -0.39 is 18.0 Å². The van der Waals surface area contributed by atoms with Gasteiger partial charge in [0.2, 0.25) is 0 Å². The molecule has 2 rings (SSSR count). The Hall–Kier alpha value is -2.08. The fourth-order valence-electron chi connectivity index (χ4n) is 1.51. The second-order valence-electron chi connectivity index (χ2n) is 3.69. The first kappa shape index (κ1) is 11.4. The molecule has 3 N–H and O–H groups in total. The lowest BCUT2D eigenvalue weighted by molar-refractivity contribution is -0.139. The van der Waals surface area contributed by atoms with E-state index in [-0.39, 0.29) is 13.0 Å². The summed E-state index contributed by atoms with van der Waals surface area (Å²) < 4.78 is 10.1. The minimum absolute atomic E-state index is 0.110. The van der Waals surface area contributed by atoms with Crippen molar-refractivity contribution in [2.24, 2.45) is 5.73 Å². The van der Waals surface area contributed by atoms with Crippen LogP contribution in [0.5, 0.6) is 11.5 Å². The fraction of sp³-hybridized carbons (Fsp3) is 0.273. The summed E-state index contributed by atoms with van der Waals surface area (Å²) in [7, 11) is 0. The van der Waals surface area contributed by atoms with Gasteiger partial charge in [0.1, 0.15) is 6.04 Å². The Bertz CT molecular complexity index is 471. The van der Waals surface area contributed by atoms with Crippen LogP contribution in [-0.4, -0.2) is 29.7 Å². The van der Waals surface area contributed by atoms with Crippen molar-refractivity contribution in [2.45, 2.75) is 12.5 Å². The van der Waals surface area contributed by atoms with E-state index in [1.54, 1.807) is 18.2 Å². The Kier molecular flexibility index (Phi) is 2.97. The Morgan fingerprint density at radius 2 is 2.24 bits per heavy atom. The Morgan fingerprint density at radius 1 is 1.47 bits per heavy atom. The van der Waals surface area contributed by atoms with E-state index in [2.05, 4.69) is 0 Å². The average molecular weight is 237 g/mol. The molecular formula is C11H11NO5. The number of rotatable bonds is 3. The highest BCUT2D eigenvalue weighted by Gasteiger charge is 2.19. The number of carbonyl (C=O) groups excluding carboxylic acids is 1. The maximum Gasteiger partial charge on any atom is 0.349 e. The van der Waals surface area contributed by atoms with Crippen LogP contribution >= 0.6 is 0 Å². The molecule has 90 valence electrons. The molecule has 1 aromatic rings. The van der Waals surface area contributed by atoms with Crippen molar-refractivity contribution in [3.8, 4) is 11.5 Å². The third kappa shape index (κ3) is 2.54. The van der Waals surface area contributed by atoms with Crippen LogP contribution in [0.25, 0.3) is 0 Å². The fourth-order valence-corrected chi connectivity index (χ4v) is 1.51. The summed E-state index contributed by atoms with van der Waals surface area (Å²) in [5.74, 6) is -0.776. The number of benzene rings is 1. The van der Waals surface area contributed by atoms with E-state index in [9.17, 15) is 9.59 Å². The first-order valence-corrected chi connectivity index (χ1v) is 5.01. The van der Waals surface area contributed by atoms with Crippen LogP contribution in [0.2, 0.25) is 0 Å². The minimum Gasteiger partial charge on any atom is -0.480 e. The molecule has 1 atom stereocenters. The molecule has 0 fully saturated rings. The van der Waals surface area contributed by atoms with Crippen LogP contribution in [0.1, 0.15) is 5.56 Å². The van der Waals surface area contributed by atoms with Crippen LogP contribution in [0.3, 0.4) is 0 Å². The summed E-state index contributed by atoms with van der Waals surface area (Å²) in [6, 6.07) is 3.91. The second-order valence-corrected chi connectivity index (χ2v) is 3.69. The van der Waals surface area contributed by atoms with E-state index in [1.807, 2.05) is 0 Å². The maximum atomic E-state index is 11.0. The molecular weight excluding hydrogens is 226 g/mol. The van der Waals surface area contributed by atoms with Crippen molar-refractivity contribution >= 4 is 11.9 Å². The van der Waals surface area contributed by atoms with Gasteiger partial charge < -0.3 is 20.3 Å². The lowest BCUT2D eigenvalue weighted by Gasteiger charge is -2.17. The number of esters is 1. The maximum absolute atomic E-state index is 11.0. The highest BCUT2D eigenvalue weighted by molar-refractivity contribution is 5.77. The number of carboxylic acids is 1. The van der Waals surface area contributed by atoms with Gasteiger partial charge in [-0.15, -0.1) is 0 Å². The number of ether oxygens (including phenoxy) is 2. The van der Waals surface area contributed by atoms with E-state index in [0.717, 1.165) is 0 Å². The molecule has 17 heavy (non-hydrogen) atoms. The molecule has 0 amide bonds. The number of hydrogen-bond acceptors (Lipinski definition) is 5. The number of hydrogen-bond donors (Lipinski definition) is 2. The first-order valence-electron chi connectivity index (χ1n) is 5.01. The Labute approximate surface area is 96.9 Å². The molecule has 0 aromatic heterocycles. The summed E-state index contributed by atoms with van der Waals surface area (Å²) in [4.78, 5) is 21.6. The number of carbonyl (C=O) groups is 2. The van der Waals surface area contributed by atoms with Gasteiger partial charge in [-0.3, -0.25) is 4.79 Å². The minimum atomic E-state index is -1.07. The zero-order valence-corrected chi connectivity index (χ0v) is 8.88. The van der Waals surface area contributed by atoms with Gasteiger partial charge in [-0.2, -0.15) is 0 Å². The molecule has 6 heteroatoms. The largest absolute Gasteiger partial charge is 0.480 e. The van der Waals surface area contributed by atoms with Crippen molar-refractivity contribution < 1.29 is 24.2 Å². The van der Waals surface area contributed by atoms with Gasteiger partial charge >= 0.3 is 11.9 Å². The molecule has 0 radical (unpaired) electrons. The van der Waals surface area contributed by atoms with Crippen molar-refractivity contribution in [3.63, 3.8) is 0 Å².